The molecule has 0 bridgehead atoms. The van der Waals surface area contributed by atoms with Crippen LogP contribution in [0.15, 0.2) is 71.6 Å². The minimum atomic E-state index is -4.31. The average molecular weight is 651 g/mol. The number of benzene rings is 3. The molecule has 0 saturated carbocycles. The highest BCUT2D eigenvalue weighted by Crippen LogP contribution is 2.33. The van der Waals surface area contributed by atoms with E-state index in [1.165, 1.54) is 37.3 Å². The van der Waals surface area contributed by atoms with Crippen molar-refractivity contribution >= 4 is 50.7 Å². The van der Waals surface area contributed by atoms with E-state index in [9.17, 15) is 18.0 Å². The molecule has 43 heavy (non-hydrogen) atoms. The minimum absolute atomic E-state index is 0.107. The maximum Gasteiger partial charge on any atom is 0.264 e. The number of sulfonamides is 1. The highest BCUT2D eigenvalue weighted by atomic mass is 35.5. The van der Waals surface area contributed by atoms with Gasteiger partial charge in [0.25, 0.3) is 10.0 Å². The number of rotatable bonds is 14. The van der Waals surface area contributed by atoms with E-state index in [4.69, 9.17) is 32.7 Å². The van der Waals surface area contributed by atoms with Crippen molar-refractivity contribution < 1.29 is 27.5 Å². The maximum absolute atomic E-state index is 14.2. The topological polar surface area (TPSA) is 105 Å². The average Bonchev–Trinajstić information content (AvgIpc) is 3.00. The Morgan fingerprint density at radius 3 is 2.07 bits per heavy atom. The number of hydrogen-bond acceptors (Lipinski definition) is 6. The summed E-state index contributed by atoms with van der Waals surface area (Å²) >= 11 is 12.9. The molecule has 0 aliphatic rings. The maximum atomic E-state index is 14.2. The fourth-order valence-corrected chi connectivity index (χ4v) is 6.39. The van der Waals surface area contributed by atoms with Gasteiger partial charge in [0.05, 0.1) is 24.8 Å². The molecular formula is C31H37Cl2N3O6S. The lowest BCUT2D eigenvalue weighted by Crippen LogP contribution is -2.53. The first-order chi connectivity index (χ1) is 20.5. The molecule has 0 radical (unpaired) electrons. The molecule has 0 saturated heterocycles. The summed E-state index contributed by atoms with van der Waals surface area (Å²) in [5.74, 6) is -0.409. The van der Waals surface area contributed by atoms with Crippen molar-refractivity contribution in [2.75, 3.05) is 25.1 Å². The van der Waals surface area contributed by atoms with Crippen LogP contribution >= 0.6 is 23.2 Å². The van der Waals surface area contributed by atoms with Gasteiger partial charge in [-0.3, -0.25) is 13.9 Å². The highest BCUT2D eigenvalue weighted by molar-refractivity contribution is 7.92. The molecule has 12 heteroatoms. The lowest BCUT2D eigenvalue weighted by Gasteiger charge is -2.34. The number of nitrogens with zero attached hydrogens (tertiary/aromatic N) is 2. The summed E-state index contributed by atoms with van der Waals surface area (Å²) in [6.45, 7) is 4.88. The van der Waals surface area contributed by atoms with Gasteiger partial charge < -0.3 is 19.7 Å². The predicted octanol–water partition coefficient (Wildman–Crippen LogP) is 5.93. The molecule has 1 N–H and O–H groups in total. The van der Waals surface area contributed by atoms with Crippen molar-refractivity contribution in [3.05, 3.63) is 82.3 Å². The van der Waals surface area contributed by atoms with E-state index in [1.54, 1.807) is 55.5 Å². The number of carbonyl (C=O) groups is 2. The number of halogens is 2. The first kappa shape index (κ1) is 34.0. The Balaban J connectivity index is 2.11. The third kappa shape index (κ3) is 8.13. The predicted molar refractivity (Wildman–Crippen MR) is 170 cm³/mol. The Kier molecular flexibility index (Phi) is 12.1. The van der Waals surface area contributed by atoms with Crippen molar-refractivity contribution in [2.45, 2.75) is 57.1 Å². The van der Waals surface area contributed by atoms with Gasteiger partial charge in [-0.2, -0.15) is 0 Å². The number of ether oxygens (including phenoxy) is 2. The number of anilines is 1. The smallest absolute Gasteiger partial charge is 0.264 e. The van der Waals surface area contributed by atoms with Crippen LogP contribution in [-0.4, -0.2) is 58.0 Å². The summed E-state index contributed by atoms with van der Waals surface area (Å²) in [4.78, 5) is 28.9. The van der Waals surface area contributed by atoms with E-state index in [0.29, 0.717) is 27.8 Å². The molecule has 0 heterocycles. The minimum Gasteiger partial charge on any atom is -0.493 e. The van der Waals surface area contributed by atoms with Crippen LogP contribution in [0, 0.1) is 0 Å². The van der Waals surface area contributed by atoms with Crippen LogP contribution in [0.3, 0.4) is 0 Å². The quantitative estimate of drug-likeness (QED) is 0.232. The fourth-order valence-electron chi connectivity index (χ4n) is 4.44. The lowest BCUT2D eigenvalue weighted by atomic mass is 10.1. The molecule has 3 aromatic rings. The molecular weight excluding hydrogens is 613 g/mol. The van der Waals surface area contributed by atoms with E-state index in [2.05, 4.69) is 5.32 Å². The van der Waals surface area contributed by atoms with Gasteiger partial charge in [-0.05, 0) is 56.2 Å². The molecule has 232 valence electrons. The Labute approximate surface area is 263 Å². The van der Waals surface area contributed by atoms with Gasteiger partial charge >= 0.3 is 0 Å². The van der Waals surface area contributed by atoms with Crippen molar-refractivity contribution in [3.63, 3.8) is 0 Å². The van der Waals surface area contributed by atoms with Gasteiger partial charge in [-0.15, -0.1) is 0 Å². The molecule has 0 fully saturated rings. The number of nitrogens with one attached hydrogen (secondary N) is 1. The summed E-state index contributed by atoms with van der Waals surface area (Å²) in [5.41, 5.74) is 0.710. The summed E-state index contributed by atoms with van der Waals surface area (Å²) in [7, 11) is -1.46. The third-order valence-corrected chi connectivity index (χ3v) is 9.52. The van der Waals surface area contributed by atoms with Crippen LogP contribution in [-0.2, 0) is 26.2 Å². The molecule has 0 spiro atoms. The van der Waals surface area contributed by atoms with E-state index < -0.39 is 28.5 Å². The van der Waals surface area contributed by atoms with Crippen molar-refractivity contribution in [1.82, 2.24) is 10.2 Å². The number of methoxy groups -OCH3 is 2. The second-order valence-electron chi connectivity index (χ2n) is 9.83. The highest BCUT2D eigenvalue weighted by Gasteiger charge is 2.35. The van der Waals surface area contributed by atoms with E-state index in [1.807, 2.05) is 13.8 Å². The second-order valence-corrected chi connectivity index (χ2v) is 12.5. The number of para-hydroxylation sites is 1. The standard InChI is InChI=1S/C31H37Cl2N3O6S/c1-6-21(3)34-31(38)27(7-2)35(19-24-25(32)14-11-15-26(24)33)30(37)20-36(22-12-9-8-10-13-22)43(39,40)23-16-17-28(41-4)29(18-23)42-5/h8-18,21,27H,6-7,19-20H2,1-5H3,(H,34,38)/t21-,27+/m0/s1. The van der Waals surface area contributed by atoms with Crippen molar-refractivity contribution in [3.8, 4) is 11.5 Å². The van der Waals surface area contributed by atoms with E-state index in [0.717, 1.165) is 4.31 Å². The summed E-state index contributed by atoms with van der Waals surface area (Å²) in [6, 6.07) is 16.4. The SMILES string of the molecule is CC[C@H](C(=O)N[C@@H](C)CC)N(Cc1c(Cl)cccc1Cl)C(=O)CN(c1ccccc1)S(=O)(=O)c1ccc(OC)c(OC)c1. The van der Waals surface area contributed by atoms with Gasteiger partial charge in [0.15, 0.2) is 11.5 Å². The molecule has 3 aromatic carbocycles. The number of hydrogen-bond donors (Lipinski definition) is 1. The Bertz CT molecular complexity index is 1500. The monoisotopic (exact) mass is 649 g/mol. The van der Waals surface area contributed by atoms with Crippen LogP contribution in [0.2, 0.25) is 10.0 Å². The molecule has 9 nitrogen and oxygen atoms in total. The molecule has 2 amide bonds. The van der Waals surface area contributed by atoms with Crippen LogP contribution in [0.1, 0.15) is 39.2 Å². The van der Waals surface area contributed by atoms with Gasteiger partial charge in [0.2, 0.25) is 11.8 Å². The normalized spacial score (nSPS) is 12.6. The Morgan fingerprint density at radius 2 is 1.51 bits per heavy atom. The zero-order chi connectivity index (χ0) is 31.7. The molecule has 3 rings (SSSR count). The fraction of sp³-hybridized carbons (Fsp3) is 0.355. The molecule has 0 unspecified atom stereocenters. The summed E-state index contributed by atoms with van der Waals surface area (Å²) < 4.78 is 39.8. The molecule has 0 aromatic heterocycles. The Morgan fingerprint density at radius 1 is 0.884 bits per heavy atom. The number of amides is 2. The first-order valence-electron chi connectivity index (χ1n) is 13.8. The summed E-state index contributed by atoms with van der Waals surface area (Å²) in [6.07, 6.45) is 0.960. The zero-order valence-electron chi connectivity index (χ0n) is 24.8. The van der Waals surface area contributed by atoms with Crippen LogP contribution in [0.25, 0.3) is 0 Å². The van der Waals surface area contributed by atoms with E-state index in [-0.39, 0.29) is 41.2 Å². The second kappa shape index (κ2) is 15.3. The van der Waals surface area contributed by atoms with Crippen LogP contribution in [0.5, 0.6) is 11.5 Å². The van der Waals surface area contributed by atoms with Gasteiger partial charge in [0.1, 0.15) is 12.6 Å². The van der Waals surface area contributed by atoms with Crippen LogP contribution < -0.4 is 19.1 Å². The van der Waals surface area contributed by atoms with Crippen LogP contribution in [0.4, 0.5) is 5.69 Å². The van der Waals surface area contributed by atoms with E-state index >= 15 is 0 Å². The van der Waals surface area contributed by atoms with Gasteiger partial charge in [-0.25, -0.2) is 8.42 Å². The third-order valence-electron chi connectivity index (χ3n) is 7.04. The Hall–Kier alpha value is -3.47. The largest absolute Gasteiger partial charge is 0.493 e. The first-order valence-corrected chi connectivity index (χ1v) is 16.0. The van der Waals surface area contributed by atoms with Crippen molar-refractivity contribution in [2.24, 2.45) is 0 Å². The van der Waals surface area contributed by atoms with Crippen molar-refractivity contribution in [1.29, 1.82) is 0 Å². The van der Waals surface area contributed by atoms with Gasteiger partial charge in [-0.1, -0.05) is 61.3 Å². The molecule has 0 aliphatic carbocycles. The van der Waals surface area contributed by atoms with Gasteiger partial charge in [0, 0.05) is 34.3 Å². The number of carbonyl (C=O) groups excluding carboxylic acids is 2. The summed E-state index contributed by atoms with van der Waals surface area (Å²) in [5, 5.41) is 3.58. The molecule has 0 aliphatic heterocycles. The lowest BCUT2D eigenvalue weighted by molar-refractivity contribution is -0.140. The molecule has 2 atom stereocenters. The zero-order valence-corrected chi connectivity index (χ0v) is 27.2.